The quantitative estimate of drug-likeness (QED) is 0.784. The Bertz CT molecular complexity index is 407. The van der Waals surface area contributed by atoms with Gasteiger partial charge in [-0.2, -0.15) is 0 Å². The summed E-state index contributed by atoms with van der Waals surface area (Å²) in [5.41, 5.74) is 7.33. The highest BCUT2D eigenvalue weighted by molar-refractivity contribution is 7.84. The maximum atomic E-state index is 11.2. The highest BCUT2D eigenvalue weighted by atomic mass is 32.2. The third kappa shape index (κ3) is 3.57. The van der Waals surface area contributed by atoms with Crippen LogP contribution in [0.2, 0.25) is 0 Å². The first-order chi connectivity index (χ1) is 7.52. The van der Waals surface area contributed by atoms with Crippen LogP contribution in [-0.2, 0) is 10.8 Å². The molecule has 0 amide bonds. The molecule has 0 fully saturated rings. The molecule has 3 nitrogen and oxygen atoms in total. The van der Waals surface area contributed by atoms with Gasteiger partial charge in [-0.1, -0.05) is 24.4 Å². The van der Waals surface area contributed by atoms with Gasteiger partial charge in [-0.3, -0.25) is 4.21 Å². The topological polar surface area (TPSA) is 55.1 Å². The predicted molar refractivity (Wildman–Crippen MR) is 74.3 cm³/mol. The van der Waals surface area contributed by atoms with Crippen LogP contribution in [0.15, 0.2) is 24.3 Å². The second kappa shape index (κ2) is 5.96. The lowest BCUT2D eigenvalue weighted by atomic mass is 10.2. The summed E-state index contributed by atoms with van der Waals surface area (Å²) >= 11 is 4.96. The average Bonchev–Trinajstić information content (AvgIpc) is 2.25. The van der Waals surface area contributed by atoms with Crippen molar-refractivity contribution in [2.45, 2.75) is 12.2 Å². The summed E-state index contributed by atoms with van der Waals surface area (Å²) in [7, 11) is -0.828. The molecule has 5 heteroatoms. The average molecular weight is 256 g/mol. The molecule has 88 valence electrons. The molecular weight excluding hydrogens is 240 g/mol. The summed E-state index contributed by atoms with van der Waals surface area (Å²) < 4.78 is 11.2. The number of hydrogen-bond acceptors (Lipinski definition) is 3. The molecule has 0 spiro atoms. The van der Waals surface area contributed by atoms with E-state index < -0.39 is 10.8 Å². The fraction of sp³-hybridized carbons (Fsp3) is 0.364. The number of thiocarbonyl (C=S) groups is 1. The van der Waals surface area contributed by atoms with Crippen molar-refractivity contribution in [2.75, 3.05) is 18.1 Å². The highest BCUT2D eigenvalue weighted by Crippen LogP contribution is 2.14. The molecule has 0 aromatic heterocycles. The molecule has 2 atom stereocenters. The van der Waals surface area contributed by atoms with Gasteiger partial charge in [0.15, 0.2) is 0 Å². The molecule has 1 aromatic rings. The Morgan fingerprint density at radius 1 is 1.56 bits per heavy atom. The van der Waals surface area contributed by atoms with E-state index in [0.717, 1.165) is 11.3 Å². The van der Waals surface area contributed by atoms with Crippen LogP contribution in [0.25, 0.3) is 0 Å². The van der Waals surface area contributed by atoms with Crippen LogP contribution in [0.3, 0.4) is 0 Å². The van der Waals surface area contributed by atoms with Gasteiger partial charge >= 0.3 is 0 Å². The molecule has 0 heterocycles. The van der Waals surface area contributed by atoms with Crippen LogP contribution >= 0.6 is 12.2 Å². The summed E-state index contributed by atoms with van der Waals surface area (Å²) in [6.45, 7) is 2.58. The molecule has 0 aliphatic rings. The van der Waals surface area contributed by atoms with Crippen LogP contribution in [0, 0.1) is 0 Å². The van der Waals surface area contributed by atoms with E-state index in [2.05, 4.69) is 5.32 Å². The lowest BCUT2D eigenvalue weighted by Crippen LogP contribution is -2.22. The number of anilines is 1. The van der Waals surface area contributed by atoms with Crippen LogP contribution < -0.4 is 11.1 Å². The summed E-state index contributed by atoms with van der Waals surface area (Å²) in [4.78, 5) is 0.369. The van der Waals surface area contributed by atoms with Gasteiger partial charge in [0.25, 0.3) is 0 Å². The normalized spacial score (nSPS) is 14.1. The lowest BCUT2D eigenvalue weighted by molar-refractivity contribution is 0.679. The van der Waals surface area contributed by atoms with Crippen molar-refractivity contribution in [3.8, 4) is 0 Å². The molecule has 1 aromatic carbocycles. The Kier molecular flexibility index (Phi) is 4.89. The van der Waals surface area contributed by atoms with Crippen molar-refractivity contribution in [1.82, 2.24) is 0 Å². The molecule has 0 aliphatic heterocycles. The van der Waals surface area contributed by atoms with Gasteiger partial charge in [0.1, 0.15) is 4.99 Å². The Labute approximate surface area is 104 Å². The summed E-state index contributed by atoms with van der Waals surface area (Å²) in [5.74, 6) is 0. The van der Waals surface area contributed by atoms with Crippen molar-refractivity contribution < 1.29 is 4.21 Å². The van der Waals surface area contributed by atoms with E-state index in [1.165, 1.54) is 0 Å². The van der Waals surface area contributed by atoms with Gasteiger partial charge < -0.3 is 11.1 Å². The second-order valence-electron chi connectivity index (χ2n) is 3.60. The number of rotatable bonds is 5. The standard InChI is InChI=1S/C11H16N2OS2/c1-8(16(2)14)7-13-10-6-4-3-5-9(10)11(12)15/h3-6,8,13H,7H2,1-2H3,(H2,12,15). The van der Waals surface area contributed by atoms with Gasteiger partial charge in [0.05, 0.1) is 0 Å². The highest BCUT2D eigenvalue weighted by Gasteiger charge is 2.08. The number of nitrogens with one attached hydrogen (secondary N) is 1. The zero-order valence-electron chi connectivity index (χ0n) is 9.40. The van der Waals surface area contributed by atoms with Crippen LogP contribution in [0.4, 0.5) is 5.69 Å². The Hall–Kier alpha value is -0.940. The van der Waals surface area contributed by atoms with E-state index in [1.54, 1.807) is 6.26 Å². The van der Waals surface area contributed by atoms with E-state index in [9.17, 15) is 4.21 Å². The number of benzene rings is 1. The van der Waals surface area contributed by atoms with Crippen LogP contribution in [0.5, 0.6) is 0 Å². The van der Waals surface area contributed by atoms with Crippen molar-refractivity contribution in [2.24, 2.45) is 5.73 Å². The van der Waals surface area contributed by atoms with E-state index in [4.69, 9.17) is 18.0 Å². The Morgan fingerprint density at radius 3 is 2.75 bits per heavy atom. The first kappa shape index (κ1) is 13.1. The largest absolute Gasteiger partial charge is 0.389 e. The first-order valence-corrected chi connectivity index (χ1v) is 7.00. The molecular formula is C11H16N2OS2. The SMILES string of the molecule is CC(CNc1ccccc1C(N)=S)S(C)=O. The van der Waals surface area contributed by atoms with E-state index in [0.29, 0.717) is 11.5 Å². The van der Waals surface area contributed by atoms with E-state index >= 15 is 0 Å². The molecule has 16 heavy (non-hydrogen) atoms. The summed E-state index contributed by atoms with van der Waals surface area (Å²) in [6, 6.07) is 7.59. The summed E-state index contributed by atoms with van der Waals surface area (Å²) in [5, 5.41) is 3.31. The smallest absolute Gasteiger partial charge is 0.106 e. The van der Waals surface area contributed by atoms with Crippen molar-refractivity contribution in [1.29, 1.82) is 0 Å². The molecule has 0 bridgehead atoms. The molecule has 0 radical (unpaired) electrons. The first-order valence-electron chi connectivity index (χ1n) is 4.97. The molecule has 3 N–H and O–H groups in total. The van der Waals surface area contributed by atoms with Gasteiger partial charge in [-0.05, 0) is 19.1 Å². The van der Waals surface area contributed by atoms with Crippen molar-refractivity contribution >= 4 is 33.7 Å². The van der Waals surface area contributed by atoms with Crippen molar-refractivity contribution in [3.63, 3.8) is 0 Å². The fourth-order valence-corrected chi connectivity index (χ4v) is 1.72. The van der Waals surface area contributed by atoms with Gasteiger partial charge in [-0.25, -0.2) is 0 Å². The van der Waals surface area contributed by atoms with Gasteiger partial charge in [0.2, 0.25) is 0 Å². The molecule has 1 rings (SSSR count). The zero-order valence-corrected chi connectivity index (χ0v) is 11.0. The van der Waals surface area contributed by atoms with E-state index in [1.807, 2.05) is 31.2 Å². The molecule has 0 aliphatic carbocycles. The number of para-hydroxylation sites is 1. The third-order valence-electron chi connectivity index (χ3n) is 2.34. The van der Waals surface area contributed by atoms with E-state index in [-0.39, 0.29) is 5.25 Å². The summed E-state index contributed by atoms with van der Waals surface area (Å²) in [6.07, 6.45) is 1.70. The fourth-order valence-electron chi connectivity index (χ4n) is 1.22. The van der Waals surface area contributed by atoms with Gasteiger partial charge in [0, 0.05) is 40.1 Å². The van der Waals surface area contributed by atoms with Crippen LogP contribution in [-0.4, -0.2) is 27.2 Å². The monoisotopic (exact) mass is 256 g/mol. The Balaban J connectivity index is 2.74. The molecule has 2 unspecified atom stereocenters. The maximum Gasteiger partial charge on any atom is 0.106 e. The lowest BCUT2D eigenvalue weighted by Gasteiger charge is -2.13. The second-order valence-corrected chi connectivity index (χ2v) is 5.84. The minimum Gasteiger partial charge on any atom is -0.389 e. The third-order valence-corrected chi connectivity index (χ3v) is 3.86. The van der Waals surface area contributed by atoms with Crippen LogP contribution in [0.1, 0.15) is 12.5 Å². The molecule has 0 saturated carbocycles. The zero-order chi connectivity index (χ0) is 12.1. The maximum absolute atomic E-state index is 11.2. The van der Waals surface area contributed by atoms with Gasteiger partial charge in [-0.15, -0.1) is 0 Å². The number of nitrogens with two attached hydrogens (primary N) is 1. The minimum atomic E-state index is -0.828. The molecule has 0 saturated heterocycles. The minimum absolute atomic E-state index is 0.0967. The van der Waals surface area contributed by atoms with Crippen molar-refractivity contribution in [3.05, 3.63) is 29.8 Å². The number of hydrogen-bond donors (Lipinski definition) is 2. The predicted octanol–water partition coefficient (Wildman–Crippen LogP) is 1.50. The Morgan fingerprint density at radius 2 is 2.19 bits per heavy atom.